The number of hydrogen-bond donors (Lipinski definition) is 2. The summed E-state index contributed by atoms with van der Waals surface area (Å²) in [6.07, 6.45) is 1.96. The lowest BCUT2D eigenvalue weighted by Crippen LogP contribution is -2.37. The van der Waals surface area contributed by atoms with Crippen LogP contribution in [0.1, 0.15) is 49.9 Å². The smallest absolute Gasteiger partial charge is 0.0549 e. The van der Waals surface area contributed by atoms with Gasteiger partial charge >= 0.3 is 0 Å². The number of nitrogens with one attached hydrogen (secondary N) is 2. The van der Waals surface area contributed by atoms with Gasteiger partial charge in [-0.15, -0.1) is 0 Å². The summed E-state index contributed by atoms with van der Waals surface area (Å²) < 4.78 is 0. The number of halogens is 4. The van der Waals surface area contributed by atoms with Crippen molar-refractivity contribution >= 4 is 46.4 Å². The van der Waals surface area contributed by atoms with E-state index >= 15 is 0 Å². The van der Waals surface area contributed by atoms with E-state index in [9.17, 15) is 0 Å². The zero-order chi connectivity index (χ0) is 19.1. The van der Waals surface area contributed by atoms with Crippen LogP contribution in [-0.2, 0) is 0 Å². The van der Waals surface area contributed by atoms with E-state index in [1.165, 1.54) is 0 Å². The van der Waals surface area contributed by atoms with Crippen molar-refractivity contribution in [3.05, 3.63) is 67.6 Å². The van der Waals surface area contributed by atoms with Crippen LogP contribution in [0.5, 0.6) is 0 Å². The minimum Gasteiger partial charge on any atom is -0.308 e. The normalized spacial score (nSPS) is 13.6. The molecule has 2 aromatic rings. The van der Waals surface area contributed by atoms with E-state index in [4.69, 9.17) is 46.4 Å². The molecule has 0 amide bonds. The first-order chi connectivity index (χ1) is 12.5. The molecule has 0 saturated carbocycles. The molecule has 26 heavy (non-hydrogen) atoms. The van der Waals surface area contributed by atoms with E-state index in [1.54, 1.807) is 0 Å². The molecule has 0 radical (unpaired) electrons. The van der Waals surface area contributed by atoms with Gasteiger partial charge in [-0.3, -0.25) is 0 Å². The molecule has 0 heterocycles. The van der Waals surface area contributed by atoms with Gasteiger partial charge in [0.2, 0.25) is 0 Å². The van der Waals surface area contributed by atoms with Crippen LogP contribution in [-0.4, -0.2) is 13.1 Å². The van der Waals surface area contributed by atoms with E-state index in [-0.39, 0.29) is 12.1 Å². The van der Waals surface area contributed by atoms with E-state index in [2.05, 4.69) is 24.5 Å². The minimum atomic E-state index is -0.167. The Hall–Kier alpha value is -0.480. The number of benzene rings is 2. The maximum atomic E-state index is 6.53. The van der Waals surface area contributed by atoms with Crippen LogP contribution >= 0.6 is 46.4 Å². The molecule has 2 rings (SSSR count). The lowest BCUT2D eigenvalue weighted by atomic mass is 9.92. The third-order valence-electron chi connectivity index (χ3n) is 4.18. The van der Waals surface area contributed by atoms with Crippen LogP contribution in [0.3, 0.4) is 0 Å². The highest BCUT2D eigenvalue weighted by Crippen LogP contribution is 2.41. The molecule has 0 aliphatic carbocycles. The third-order valence-corrected chi connectivity index (χ3v) is 5.50. The molecule has 142 valence electrons. The maximum absolute atomic E-state index is 6.53. The summed E-state index contributed by atoms with van der Waals surface area (Å²) in [7, 11) is 0. The first-order valence-electron chi connectivity index (χ1n) is 8.85. The summed E-state index contributed by atoms with van der Waals surface area (Å²) in [5.41, 5.74) is 1.71. The van der Waals surface area contributed by atoms with Crippen molar-refractivity contribution in [1.82, 2.24) is 10.6 Å². The lowest BCUT2D eigenvalue weighted by molar-refractivity contribution is 0.385. The molecule has 2 nitrogen and oxygen atoms in total. The highest BCUT2D eigenvalue weighted by molar-refractivity contribution is 6.37. The Labute approximate surface area is 176 Å². The summed E-state index contributed by atoms with van der Waals surface area (Å²) >= 11 is 26.1. The Morgan fingerprint density at radius 3 is 1.23 bits per heavy atom. The number of rotatable bonds is 9. The molecule has 0 bridgehead atoms. The van der Waals surface area contributed by atoms with E-state index in [1.807, 2.05) is 36.4 Å². The number of hydrogen-bond acceptors (Lipinski definition) is 2. The van der Waals surface area contributed by atoms with Crippen molar-refractivity contribution in [2.45, 2.75) is 38.8 Å². The second-order valence-corrected chi connectivity index (χ2v) is 7.76. The van der Waals surface area contributed by atoms with Crippen molar-refractivity contribution in [3.63, 3.8) is 0 Å². The molecule has 0 unspecified atom stereocenters. The van der Waals surface area contributed by atoms with Gasteiger partial charge in [-0.2, -0.15) is 0 Å². The Morgan fingerprint density at radius 2 is 0.962 bits per heavy atom. The lowest BCUT2D eigenvalue weighted by Gasteiger charge is -2.32. The molecular formula is C20H24Cl4N2. The minimum absolute atomic E-state index is 0.167. The quantitative estimate of drug-likeness (QED) is 0.441. The summed E-state index contributed by atoms with van der Waals surface area (Å²) in [6.45, 7) is 5.88. The van der Waals surface area contributed by atoms with Gasteiger partial charge in [0.15, 0.2) is 0 Å². The van der Waals surface area contributed by atoms with E-state index in [0.717, 1.165) is 37.1 Å². The van der Waals surface area contributed by atoms with Crippen molar-refractivity contribution in [1.29, 1.82) is 0 Å². The fraction of sp³-hybridized carbons (Fsp3) is 0.400. The van der Waals surface area contributed by atoms with Gasteiger partial charge in [0, 0.05) is 31.2 Å². The summed E-state index contributed by atoms with van der Waals surface area (Å²) in [5, 5.41) is 9.65. The molecule has 0 fully saturated rings. The van der Waals surface area contributed by atoms with Gasteiger partial charge in [-0.05, 0) is 50.2 Å². The van der Waals surface area contributed by atoms with Crippen LogP contribution in [0.15, 0.2) is 36.4 Å². The van der Waals surface area contributed by atoms with Gasteiger partial charge in [-0.25, -0.2) is 0 Å². The van der Waals surface area contributed by atoms with Crippen molar-refractivity contribution in [3.8, 4) is 0 Å². The SMILES string of the molecule is CCCN[C@H](c1c(Cl)cccc1Cl)[C@H](NCCC)c1c(Cl)cccc1Cl. The third kappa shape index (κ3) is 5.28. The van der Waals surface area contributed by atoms with Gasteiger partial charge in [0.25, 0.3) is 0 Å². The van der Waals surface area contributed by atoms with Crippen molar-refractivity contribution in [2.75, 3.05) is 13.1 Å². The Kier molecular flexibility index (Phi) is 9.02. The maximum Gasteiger partial charge on any atom is 0.0549 e. The molecule has 0 saturated heterocycles. The van der Waals surface area contributed by atoms with E-state index in [0.29, 0.717) is 20.1 Å². The highest BCUT2D eigenvalue weighted by Gasteiger charge is 2.30. The van der Waals surface area contributed by atoms with Crippen LogP contribution < -0.4 is 10.6 Å². The van der Waals surface area contributed by atoms with Gasteiger partial charge in [0.05, 0.1) is 12.1 Å². The second kappa shape index (κ2) is 10.8. The van der Waals surface area contributed by atoms with Crippen LogP contribution in [0, 0.1) is 0 Å². The van der Waals surface area contributed by atoms with Gasteiger partial charge in [-0.1, -0.05) is 72.4 Å². The summed E-state index contributed by atoms with van der Waals surface area (Å²) in [5.74, 6) is 0. The molecule has 0 spiro atoms. The molecule has 6 heteroatoms. The van der Waals surface area contributed by atoms with Crippen molar-refractivity contribution in [2.24, 2.45) is 0 Å². The molecule has 2 atom stereocenters. The van der Waals surface area contributed by atoms with Crippen LogP contribution in [0.25, 0.3) is 0 Å². The highest BCUT2D eigenvalue weighted by atomic mass is 35.5. The fourth-order valence-corrected chi connectivity index (χ4v) is 4.25. The van der Waals surface area contributed by atoms with Crippen molar-refractivity contribution < 1.29 is 0 Å². The predicted octanol–water partition coefficient (Wildman–Crippen LogP) is 7.08. The molecule has 0 aliphatic heterocycles. The summed E-state index contributed by atoms with van der Waals surface area (Å²) in [6, 6.07) is 10.8. The van der Waals surface area contributed by atoms with Crippen LogP contribution in [0.2, 0.25) is 20.1 Å². The molecule has 0 aromatic heterocycles. The van der Waals surface area contributed by atoms with Crippen LogP contribution in [0.4, 0.5) is 0 Å². The first-order valence-corrected chi connectivity index (χ1v) is 10.4. The predicted molar refractivity (Wildman–Crippen MR) is 115 cm³/mol. The molecule has 2 aromatic carbocycles. The summed E-state index contributed by atoms with van der Waals surface area (Å²) in [4.78, 5) is 0. The Morgan fingerprint density at radius 1 is 0.654 bits per heavy atom. The molecule has 2 N–H and O–H groups in total. The Bertz CT molecular complexity index is 619. The monoisotopic (exact) mass is 432 g/mol. The zero-order valence-electron chi connectivity index (χ0n) is 15.0. The average molecular weight is 434 g/mol. The largest absolute Gasteiger partial charge is 0.308 e. The standard InChI is InChI=1S/C20H24Cl4N2/c1-3-11-25-19(17-13(21)7-5-8-14(17)22)20(26-12-4-2)18-15(23)9-6-10-16(18)24/h5-10,19-20,25-26H,3-4,11-12H2,1-2H3/t19-,20-/m1/s1. The Balaban J connectivity index is 2.58. The average Bonchev–Trinajstić information content (AvgIpc) is 2.60. The van der Waals surface area contributed by atoms with E-state index < -0.39 is 0 Å². The van der Waals surface area contributed by atoms with Gasteiger partial charge < -0.3 is 10.6 Å². The zero-order valence-corrected chi connectivity index (χ0v) is 18.0. The second-order valence-electron chi connectivity index (χ2n) is 6.13. The first kappa shape index (κ1) is 21.8. The fourth-order valence-electron chi connectivity index (χ4n) is 2.99. The van der Waals surface area contributed by atoms with Gasteiger partial charge in [0.1, 0.15) is 0 Å². The topological polar surface area (TPSA) is 24.1 Å². The molecular weight excluding hydrogens is 410 g/mol. The molecule has 0 aliphatic rings.